The number of carbonyl (C=O) groups is 2. The molecule has 0 aromatic carbocycles. The summed E-state index contributed by atoms with van der Waals surface area (Å²) in [7, 11) is 0. The van der Waals surface area contributed by atoms with Crippen molar-refractivity contribution in [2.75, 3.05) is 12.3 Å². The van der Waals surface area contributed by atoms with Crippen molar-refractivity contribution in [1.82, 2.24) is 9.97 Å². The van der Waals surface area contributed by atoms with Crippen LogP contribution in [0, 0.1) is 0 Å². The van der Waals surface area contributed by atoms with Crippen LogP contribution in [-0.2, 0) is 20.7 Å². The van der Waals surface area contributed by atoms with Crippen LogP contribution >= 0.6 is 0 Å². The van der Waals surface area contributed by atoms with Crippen LogP contribution in [0.15, 0.2) is 49.1 Å². The molecule has 0 fully saturated rings. The summed E-state index contributed by atoms with van der Waals surface area (Å²) in [5.74, 6) is -0.214. The second-order valence-corrected chi connectivity index (χ2v) is 5.14. The number of hydrogen-bond acceptors (Lipinski definition) is 6. The molecule has 6 nitrogen and oxygen atoms in total. The van der Waals surface area contributed by atoms with Gasteiger partial charge >= 0.3 is 5.97 Å². The third-order valence-corrected chi connectivity index (χ3v) is 3.33. The van der Waals surface area contributed by atoms with Gasteiger partial charge in [0, 0.05) is 36.7 Å². The number of aromatic nitrogens is 2. The van der Waals surface area contributed by atoms with Gasteiger partial charge in [-0.15, -0.1) is 0 Å². The highest BCUT2D eigenvalue weighted by Gasteiger charge is 2.08. The van der Waals surface area contributed by atoms with Gasteiger partial charge in [0.1, 0.15) is 0 Å². The molecule has 1 aliphatic carbocycles. The molecule has 0 atom stereocenters. The zero-order chi connectivity index (χ0) is 18.1. The van der Waals surface area contributed by atoms with Crippen molar-refractivity contribution < 1.29 is 14.3 Å². The molecule has 0 aliphatic heterocycles. The van der Waals surface area contributed by atoms with Crippen LogP contribution in [0.1, 0.15) is 31.0 Å². The lowest BCUT2D eigenvalue weighted by atomic mass is 9.99. The second-order valence-electron chi connectivity index (χ2n) is 5.14. The highest BCUT2D eigenvalue weighted by molar-refractivity contribution is 5.98. The van der Waals surface area contributed by atoms with Crippen LogP contribution in [0.5, 0.6) is 0 Å². The fourth-order valence-electron chi connectivity index (χ4n) is 2.09. The Morgan fingerprint density at radius 1 is 1.23 bits per heavy atom. The monoisotopic (exact) mass is 353 g/mol. The minimum absolute atomic E-state index is 0. The molecule has 136 valence electrons. The molecule has 6 heteroatoms. The molecule has 0 spiro atoms. The van der Waals surface area contributed by atoms with E-state index in [-0.39, 0.29) is 19.2 Å². The smallest absolute Gasteiger partial charge is 0.330 e. The summed E-state index contributed by atoms with van der Waals surface area (Å²) in [6.45, 7) is 2.13. The number of hydrogen-bond donors (Lipinski definition) is 1. The first-order valence-corrected chi connectivity index (χ1v) is 7.78. The van der Waals surface area contributed by atoms with E-state index in [1.165, 1.54) is 12.3 Å². The SMILES string of the molecule is C.CCOC(=O)/C=C/c1ccncc1N.O=C1C=Cc2ccncc2C1. The van der Waals surface area contributed by atoms with Crippen LogP contribution in [0.3, 0.4) is 0 Å². The summed E-state index contributed by atoms with van der Waals surface area (Å²) in [4.78, 5) is 29.7. The highest BCUT2D eigenvalue weighted by atomic mass is 16.5. The number of ether oxygens (including phenoxy) is 1. The fraction of sp³-hybridized carbons (Fsp3) is 0.200. The zero-order valence-electron chi connectivity index (χ0n) is 13.9. The van der Waals surface area contributed by atoms with Gasteiger partial charge < -0.3 is 10.5 Å². The van der Waals surface area contributed by atoms with Gasteiger partial charge in [0.15, 0.2) is 5.78 Å². The number of anilines is 1. The number of allylic oxidation sites excluding steroid dienone is 1. The Labute approximate surface area is 153 Å². The Kier molecular flexibility index (Phi) is 8.43. The first-order chi connectivity index (χ1) is 12.1. The van der Waals surface area contributed by atoms with E-state index < -0.39 is 0 Å². The largest absolute Gasteiger partial charge is 0.463 e. The van der Waals surface area contributed by atoms with E-state index in [0.717, 1.165) is 16.7 Å². The van der Waals surface area contributed by atoms with Gasteiger partial charge in [-0.25, -0.2) is 4.79 Å². The molecule has 3 rings (SSSR count). The third-order valence-electron chi connectivity index (χ3n) is 3.33. The number of nitrogens with zero attached hydrogens (tertiary/aromatic N) is 2. The molecule has 0 unspecified atom stereocenters. The van der Waals surface area contributed by atoms with Crippen molar-refractivity contribution in [3.8, 4) is 0 Å². The molecule has 2 heterocycles. The predicted octanol–water partition coefficient (Wildman–Crippen LogP) is 3.10. The summed E-state index contributed by atoms with van der Waals surface area (Å²) >= 11 is 0. The third kappa shape index (κ3) is 6.32. The van der Waals surface area contributed by atoms with E-state index in [0.29, 0.717) is 18.7 Å². The summed E-state index contributed by atoms with van der Waals surface area (Å²) in [5, 5.41) is 0. The van der Waals surface area contributed by atoms with Crippen LogP contribution in [0.25, 0.3) is 12.2 Å². The Hall–Kier alpha value is -3.28. The van der Waals surface area contributed by atoms with E-state index in [1.807, 2.05) is 12.1 Å². The quantitative estimate of drug-likeness (QED) is 0.673. The van der Waals surface area contributed by atoms with Gasteiger partial charge in [-0.05, 0) is 42.3 Å². The number of rotatable bonds is 3. The summed E-state index contributed by atoms with van der Waals surface area (Å²) in [6, 6.07) is 3.64. The lowest BCUT2D eigenvalue weighted by Crippen LogP contribution is -2.04. The van der Waals surface area contributed by atoms with Crippen LogP contribution in [0.4, 0.5) is 5.69 Å². The van der Waals surface area contributed by atoms with Crippen molar-refractivity contribution in [1.29, 1.82) is 0 Å². The van der Waals surface area contributed by atoms with Gasteiger partial charge in [0.25, 0.3) is 0 Å². The Morgan fingerprint density at radius 3 is 2.69 bits per heavy atom. The molecule has 2 aromatic heterocycles. The Bertz CT molecular complexity index is 813. The van der Waals surface area contributed by atoms with Crippen LogP contribution < -0.4 is 5.73 Å². The maximum absolute atomic E-state index is 11.0. The van der Waals surface area contributed by atoms with Crippen LogP contribution in [0.2, 0.25) is 0 Å². The van der Waals surface area contributed by atoms with Crippen LogP contribution in [-0.4, -0.2) is 28.3 Å². The molecular weight excluding hydrogens is 330 g/mol. The molecule has 2 N–H and O–H groups in total. The van der Waals surface area contributed by atoms with Gasteiger partial charge in [0.2, 0.25) is 0 Å². The molecule has 0 saturated carbocycles. The summed E-state index contributed by atoms with van der Waals surface area (Å²) < 4.78 is 4.72. The molecular formula is C20H23N3O3. The minimum atomic E-state index is -0.372. The first kappa shape index (κ1) is 20.8. The van der Waals surface area contributed by atoms with E-state index in [2.05, 4.69) is 9.97 Å². The number of pyridine rings is 2. The number of nitrogens with two attached hydrogens (primary N) is 1. The van der Waals surface area contributed by atoms with E-state index in [4.69, 9.17) is 10.5 Å². The number of nitrogen functional groups attached to an aromatic ring is 1. The Balaban J connectivity index is 0.000000256. The molecule has 26 heavy (non-hydrogen) atoms. The molecule has 2 aromatic rings. The highest BCUT2D eigenvalue weighted by Crippen LogP contribution is 2.14. The predicted molar refractivity (Wildman–Crippen MR) is 103 cm³/mol. The van der Waals surface area contributed by atoms with E-state index >= 15 is 0 Å². The zero-order valence-corrected chi connectivity index (χ0v) is 13.9. The second kappa shape index (κ2) is 10.6. The number of fused-ring (bicyclic) bond motifs is 1. The number of carbonyl (C=O) groups excluding carboxylic acids is 2. The number of ketones is 1. The van der Waals surface area contributed by atoms with Gasteiger partial charge in [-0.3, -0.25) is 14.8 Å². The van der Waals surface area contributed by atoms with Crippen molar-refractivity contribution in [3.05, 3.63) is 65.8 Å². The molecule has 0 bridgehead atoms. The fourth-order valence-corrected chi connectivity index (χ4v) is 2.09. The minimum Gasteiger partial charge on any atom is -0.463 e. The maximum Gasteiger partial charge on any atom is 0.330 e. The Morgan fingerprint density at radius 2 is 1.96 bits per heavy atom. The average molecular weight is 353 g/mol. The molecule has 0 radical (unpaired) electrons. The lowest BCUT2D eigenvalue weighted by molar-refractivity contribution is -0.137. The van der Waals surface area contributed by atoms with Crippen molar-refractivity contribution in [2.24, 2.45) is 0 Å². The van der Waals surface area contributed by atoms with E-state index in [1.54, 1.807) is 43.7 Å². The van der Waals surface area contributed by atoms with Gasteiger partial charge in [-0.2, -0.15) is 0 Å². The van der Waals surface area contributed by atoms with Crippen molar-refractivity contribution in [3.63, 3.8) is 0 Å². The van der Waals surface area contributed by atoms with Crippen molar-refractivity contribution >= 4 is 29.6 Å². The first-order valence-electron chi connectivity index (χ1n) is 7.78. The normalized spacial score (nSPS) is 11.8. The van der Waals surface area contributed by atoms with Crippen molar-refractivity contribution in [2.45, 2.75) is 20.8 Å². The maximum atomic E-state index is 11.0. The van der Waals surface area contributed by atoms with E-state index in [9.17, 15) is 9.59 Å². The molecule has 0 saturated heterocycles. The van der Waals surface area contributed by atoms with Gasteiger partial charge in [0.05, 0.1) is 18.5 Å². The standard InChI is InChI=1S/C10H12N2O2.C9H7NO.CH4/c1-2-14-10(13)4-3-8-5-6-12-7-9(8)11;11-9-2-1-7-3-4-10-6-8(7)5-9;/h3-7H,2,11H2,1H3;1-4,6H,5H2;1H4/b4-3+;;. The lowest BCUT2D eigenvalue weighted by Gasteiger charge is -2.06. The topological polar surface area (TPSA) is 95.2 Å². The van der Waals surface area contributed by atoms with Gasteiger partial charge in [-0.1, -0.05) is 13.5 Å². The summed E-state index contributed by atoms with van der Waals surface area (Å²) in [6.07, 6.45) is 13.5. The molecule has 0 amide bonds. The molecule has 1 aliphatic rings. The average Bonchev–Trinajstić information content (AvgIpc) is 2.62. The number of esters is 1. The summed E-state index contributed by atoms with van der Waals surface area (Å²) in [5.41, 5.74) is 9.05.